The fourth-order valence-electron chi connectivity index (χ4n) is 2.38. The van der Waals surface area contributed by atoms with Gasteiger partial charge in [-0.05, 0) is 29.1 Å². The molecule has 3 heterocycles. The Hall–Kier alpha value is -2.93. The first-order valence-corrected chi connectivity index (χ1v) is 7.95. The molecule has 0 spiro atoms. The van der Waals surface area contributed by atoms with Gasteiger partial charge in [0.1, 0.15) is 10.6 Å². The molecule has 0 bridgehead atoms. The maximum absolute atomic E-state index is 12.3. The first-order valence-electron chi connectivity index (χ1n) is 7.07. The first-order chi connectivity index (χ1) is 11.3. The Morgan fingerprint density at radius 3 is 2.91 bits per heavy atom. The van der Waals surface area contributed by atoms with E-state index >= 15 is 0 Å². The van der Waals surface area contributed by atoms with Crippen molar-refractivity contribution in [2.24, 2.45) is 0 Å². The fraction of sp³-hybridized carbons (Fsp3) is 0.0625. The van der Waals surface area contributed by atoms with Crippen molar-refractivity contribution >= 4 is 33.3 Å². The number of hydrogen-bond acceptors (Lipinski definition) is 4. The summed E-state index contributed by atoms with van der Waals surface area (Å²) in [5.74, 6) is 0.477. The number of imidazole rings is 1. The van der Waals surface area contributed by atoms with Crippen molar-refractivity contribution in [3.8, 4) is 0 Å². The molecule has 0 aliphatic carbocycles. The van der Waals surface area contributed by atoms with E-state index < -0.39 is 0 Å². The number of aromatic nitrogens is 4. The second kappa shape index (κ2) is 5.69. The van der Waals surface area contributed by atoms with Gasteiger partial charge in [-0.2, -0.15) is 5.10 Å². The van der Waals surface area contributed by atoms with Crippen molar-refractivity contribution in [2.75, 3.05) is 5.32 Å². The predicted molar refractivity (Wildman–Crippen MR) is 89.7 cm³/mol. The lowest BCUT2D eigenvalue weighted by Crippen LogP contribution is -2.12. The zero-order chi connectivity index (χ0) is 15.6. The van der Waals surface area contributed by atoms with Crippen LogP contribution in [0.25, 0.3) is 10.2 Å². The highest BCUT2D eigenvalue weighted by Crippen LogP contribution is 2.25. The van der Waals surface area contributed by atoms with Crippen LogP contribution in [0.4, 0.5) is 5.82 Å². The van der Waals surface area contributed by atoms with Crippen LogP contribution in [-0.4, -0.2) is 25.7 Å². The number of anilines is 1. The van der Waals surface area contributed by atoms with Crippen LogP contribution >= 0.6 is 11.3 Å². The third-order valence-electron chi connectivity index (χ3n) is 3.56. The summed E-state index contributed by atoms with van der Waals surface area (Å²) in [7, 11) is 0. The Balaban J connectivity index is 1.49. The maximum atomic E-state index is 12.3. The van der Waals surface area contributed by atoms with Crippen molar-refractivity contribution in [3.63, 3.8) is 0 Å². The number of H-pyrrole nitrogens is 1. The summed E-state index contributed by atoms with van der Waals surface area (Å²) in [6.45, 7) is 0.734. The molecule has 114 valence electrons. The Kier molecular flexibility index (Phi) is 3.39. The van der Waals surface area contributed by atoms with E-state index in [0.29, 0.717) is 11.4 Å². The zero-order valence-corrected chi connectivity index (χ0v) is 12.9. The lowest BCUT2D eigenvalue weighted by Gasteiger charge is -2.05. The van der Waals surface area contributed by atoms with E-state index in [1.54, 1.807) is 12.5 Å². The molecule has 4 rings (SSSR count). The molecule has 0 atom stereocenters. The van der Waals surface area contributed by atoms with E-state index in [9.17, 15) is 4.79 Å². The van der Waals surface area contributed by atoms with Gasteiger partial charge in [-0.3, -0.25) is 9.89 Å². The van der Waals surface area contributed by atoms with Crippen molar-refractivity contribution in [1.82, 2.24) is 19.7 Å². The molecule has 0 fully saturated rings. The summed E-state index contributed by atoms with van der Waals surface area (Å²) < 4.78 is 1.98. The fourth-order valence-corrected chi connectivity index (χ4v) is 3.11. The maximum Gasteiger partial charge on any atom is 0.256 e. The number of rotatable bonds is 4. The minimum Gasteiger partial charge on any atom is -0.333 e. The molecule has 4 aromatic rings. The van der Waals surface area contributed by atoms with E-state index in [4.69, 9.17) is 0 Å². The molecule has 6 nitrogen and oxygen atoms in total. The van der Waals surface area contributed by atoms with E-state index in [-0.39, 0.29) is 5.91 Å². The van der Waals surface area contributed by atoms with E-state index in [0.717, 1.165) is 22.3 Å². The number of nitrogens with one attached hydrogen (secondary N) is 2. The smallest absolute Gasteiger partial charge is 0.256 e. The van der Waals surface area contributed by atoms with Crippen LogP contribution in [0.1, 0.15) is 15.9 Å². The van der Waals surface area contributed by atoms with Gasteiger partial charge in [0, 0.05) is 24.5 Å². The Bertz CT molecular complexity index is 937. The van der Waals surface area contributed by atoms with Gasteiger partial charge in [-0.1, -0.05) is 12.1 Å². The quantitative estimate of drug-likeness (QED) is 0.606. The molecule has 3 aromatic heterocycles. The number of fused-ring (bicyclic) bond motifs is 1. The Labute approximate surface area is 135 Å². The van der Waals surface area contributed by atoms with Gasteiger partial charge in [0.25, 0.3) is 5.91 Å². The molecule has 0 unspecified atom stereocenters. The molecular formula is C16H13N5OS. The molecule has 2 N–H and O–H groups in total. The summed E-state index contributed by atoms with van der Waals surface area (Å²) >= 11 is 1.53. The van der Waals surface area contributed by atoms with Crippen molar-refractivity contribution in [1.29, 1.82) is 0 Å². The molecule has 1 aromatic carbocycles. The number of carbonyl (C=O) groups excluding carboxylic acids is 1. The summed E-state index contributed by atoms with van der Waals surface area (Å²) in [6.07, 6.45) is 5.42. The molecule has 0 aliphatic rings. The summed E-state index contributed by atoms with van der Waals surface area (Å²) in [5.41, 5.74) is 1.72. The molecule has 0 radical (unpaired) electrons. The highest BCUT2D eigenvalue weighted by atomic mass is 32.1. The third kappa shape index (κ3) is 2.74. The Morgan fingerprint density at radius 2 is 2.13 bits per heavy atom. The average molecular weight is 323 g/mol. The minimum atomic E-state index is -0.157. The number of carbonyl (C=O) groups is 1. The van der Waals surface area contributed by atoms with Gasteiger partial charge >= 0.3 is 0 Å². The molecule has 0 saturated carbocycles. The summed E-state index contributed by atoms with van der Waals surface area (Å²) in [6, 6.07) is 9.48. The summed E-state index contributed by atoms with van der Waals surface area (Å²) in [5, 5.41) is 12.8. The third-order valence-corrected chi connectivity index (χ3v) is 4.37. The zero-order valence-electron chi connectivity index (χ0n) is 12.1. The average Bonchev–Trinajstić information content (AvgIpc) is 3.28. The highest BCUT2D eigenvalue weighted by molar-refractivity contribution is 7.16. The number of hydrogen-bond donors (Lipinski definition) is 2. The number of amides is 1. The van der Waals surface area contributed by atoms with Crippen LogP contribution in [0.3, 0.4) is 0 Å². The highest BCUT2D eigenvalue weighted by Gasteiger charge is 2.11. The SMILES string of the molecule is O=C(Nc1[nH]nc2sccc12)c1ccc(Cn2ccnc2)cc1. The van der Waals surface area contributed by atoms with Gasteiger partial charge in [0.15, 0.2) is 0 Å². The molecule has 0 aliphatic heterocycles. The molecule has 23 heavy (non-hydrogen) atoms. The molecule has 0 saturated heterocycles. The lowest BCUT2D eigenvalue weighted by atomic mass is 10.1. The monoisotopic (exact) mass is 323 g/mol. The topological polar surface area (TPSA) is 75.6 Å². The number of benzene rings is 1. The second-order valence-corrected chi connectivity index (χ2v) is 6.02. The van der Waals surface area contributed by atoms with Gasteiger partial charge in [0.05, 0.1) is 11.7 Å². The standard InChI is InChI=1S/C16H13N5OS/c22-15(18-14-13-5-8-23-16(13)20-19-14)12-3-1-11(2-4-12)9-21-7-6-17-10-21/h1-8,10H,9H2,(H2,18,19,20,22). The van der Waals surface area contributed by atoms with Crippen LogP contribution in [0.15, 0.2) is 54.4 Å². The number of nitrogens with zero attached hydrogens (tertiary/aromatic N) is 3. The number of thiophene rings is 1. The van der Waals surface area contributed by atoms with Crippen molar-refractivity contribution < 1.29 is 4.79 Å². The van der Waals surface area contributed by atoms with Gasteiger partial charge in [-0.15, -0.1) is 11.3 Å². The van der Waals surface area contributed by atoms with Crippen LogP contribution < -0.4 is 5.32 Å². The summed E-state index contributed by atoms with van der Waals surface area (Å²) in [4.78, 5) is 17.2. The lowest BCUT2D eigenvalue weighted by molar-refractivity contribution is 0.102. The normalized spacial score (nSPS) is 11.0. The van der Waals surface area contributed by atoms with Gasteiger partial charge in [0.2, 0.25) is 0 Å². The first kappa shape index (κ1) is 13.7. The number of aromatic amines is 1. The van der Waals surface area contributed by atoms with E-state index in [1.165, 1.54) is 11.3 Å². The Morgan fingerprint density at radius 1 is 1.26 bits per heavy atom. The van der Waals surface area contributed by atoms with Crippen LogP contribution in [0.2, 0.25) is 0 Å². The predicted octanol–water partition coefficient (Wildman–Crippen LogP) is 3.12. The van der Waals surface area contributed by atoms with Crippen molar-refractivity contribution in [3.05, 3.63) is 65.6 Å². The largest absolute Gasteiger partial charge is 0.333 e. The van der Waals surface area contributed by atoms with Crippen molar-refractivity contribution in [2.45, 2.75) is 6.54 Å². The second-order valence-electron chi connectivity index (χ2n) is 5.12. The van der Waals surface area contributed by atoms with Crippen LogP contribution in [-0.2, 0) is 6.54 Å². The van der Waals surface area contributed by atoms with E-state index in [1.807, 2.05) is 46.5 Å². The van der Waals surface area contributed by atoms with Gasteiger partial charge < -0.3 is 9.88 Å². The molecule has 1 amide bonds. The van der Waals surface area contributed by atoms with Crippen LogP contribution in [0.5, 0.6) is 0 Å². The van der Waals surface area contributed by atoms with E-state index in [2.05, 4.69) is 20.5 Å². The van der Waals surface area contributed by atoms with Crippen LogP contribution in [0, 0.1) is 0 Å². The molecular weight excluding hydrogens is 310 g/mol. The minimum absolute atomic E-state index is 0.157. The van der Waals surface area contributed by atoms with Gasteiger partial charge in [-0.25, -0.2) is 4.98 Å². The molecule has 7 heteroatoms.